The molecule has 40 heavy (non-hydrogen) atoms. The number of aromatic nitrogens is 1. The molecule has 3 aromatic rings. The first kappa shape index (κ1) is 29.2. The minimum absolute atomic E-state index is 0.0327. The smallest absolute Gasteiger partial charge is 0.282 e. The maximum Gasteiger partial charge on any atom is 0.282 e. The van der Waals surface area contributed by atoms with E-state index in [9.17, 15) is 21.6 Å². The molecule has 2 aromatic carbocycles. The lowest BCUT2D eigenvalue weighted by molar-refractivity contribution is 0.0769. The van der Waals surface area contributed by atoms with E-state index in [0.29, 0.717) is 16.3 Å². The molecule has 1 saturated carbocycles. The van der Waals surface area contributed by atoms with Crippen LogP contribution in [0.5, 0.6) is 0 Å². The monoisotopic (exact) mass is 603 g/mol. The number of thiazole rings is 1. The summed E-state index contributed by atoms with van der Waals surface area (Å²) in [5, 5.41) is 1.76. The summed E-state index contributed by atoms with van der Waals surface area (Å²) in [6.45, 7) is 5.78. The molecule has 2 fully saturated rings. The standard InChI is InChI=1S/C29H37N3O5S3/c1-29(2,3)31-40(36,37)25-14-13-23(21-11-7-8-12-22(21)25)26-24(19-20-9-5-4-6-10-20)30-27(38-26)28(33)32-15-17-39(34,35)18-16-32/h7-8,11-14,20,31H,4-6,9-10,15-19H2,1-3H3. The van der Waals surface area contributed by atoms with Crippen LogP contribution in [-0.2, 0) is 26.3 Å². The van der Waals surface area contributed by atoms with E-state index >= 15 is 0 Å². The molecule has 1 aliphatic heterocycles. The first-order valence-corrected chi connectivity index (χ1v) is 18.0. The second kappa shape index (κ2) is 11.2. The number of carbonyl (C=O) groups is 1. The van der Waals surface area contributed by atoms with Crippen molar-refractivity contribution in [1.29, 1.82) is 0 Å². The zero-order valence-electron chi connectivity index (χ0n) is 23.3. The van der Waals surface area contributed by atoms with Gasteiger partial charge < -0.3 is 4.90 Å². The Labute approximate surface area is 241 Å². The van der Waals surface area contributed by atoms with Gasteiger partial charge >= 0.3 is 0 Å². The molecule has 2 aliphatic rings. The quantitative estimate of drug-likeness (QED) is 0.423. The van der Waals surface area contributed by atoms with Crippen LogP contribution in [0.4, 0.5) is 0 Å². The Morgan fingerprint density at radius 2 is 1.68 bits per heavy atom. The van der Waals surface area contributed by atoms with E-state index in [-0.39, 0.29) is 35.4 Å². The molecule has 1 aromatic heterocycles. The minimum atomic E-state index is -3.78. The van der Waals surface area contributed by atoms with E-state index in [2.05, 4.69) is 4.72 Å². The molecule has 0 bridgehead atoms. The van der Waals surface area contributed by atoms with Gasteiger partial charge in [0.1, 0.15) is 0 Å². The number of carbonyl (C=O) groups excluding carboxylic acids is 1. The lowest BCUT2D eigenvalue weighted by Gasteiger charge is -2.25. The minimum Gasteiger partial charge on any atom is -0.335 e. The molecule has 0 radical (unpaired) electrons. The molecule has 0 unspecified atom stereocenters. The summed E-state index contributed by atoms with van der Waals surface area (Å²) in [4.78, 5) is 21.0. The van der Waals surface area contributed by atoms with Gasteiger partial charge in [-0.3, -0.25) is 4.79 Å². The molecule has 8 nitrogen and oxygen atoms in total. The molecule has 0 spiro atoms. The van der Waals surface area contributed by atoms with Gasteiger partial charge in [-0.1, -0.05) is 62.4 Å². The fourth-order valence-corrected chi connectivity index (χ4v) is 9.60. The van der Waals surface area contributed by atoms with Crippen molar-refractivity contribution < 1.29 is 21.6 Å². The fraction of sp³-hybridized carbons (Fsp3) is 0.517. The third-order valence-corrected chi connectivity index (χ3v) is 12.1. The van der Waals surface area contributed by atoms with Crippen molar-refractivity contribution in [2.24, 2.45) is 5.92 Å². The normalized spacial score (nSPS) is 18.7. The number of nitrogens with zero attached hydrogens (tertiary/aromatic N) is 2. The van der Waals surface area contributed by atoms with E-state index in [4.69, 9.17) is 4.98 Å². The third-order valence-electron chi connectivity index (χ3n) is 7.58. The summed E-state index contributed by atoms with van der Waals surface area (Å²) < 4.78 is 53.3. The number of rotatable bonds is 6. The van der Waals surface area contributed by atoms with E-state index in [0.717, 1.165) is 40.8 Å². The lowest BCUT2D eigenvalue weighted by Crippen LogP contribution is -2.43. The highest BCUT2D eigenvalue weighted by Gasteiger charge is 2.30. The Balaban J connectivity index is 1.59. The molecule has 216 valence electrons. The largest absolute Gasteiger partial charge is 0.335 e. The molecule has 1 N–H and O–H groups in total. The number of hydrogen-bond acceptors (Lipinski definition) is 7. The number of fused-ring (bicyclic) bond motifs is 1. The van der Waals surface area contributed by atoms with Crippen molar-refractivity contribution in [1.82, 2.24) is 14.6 Å². The first-order valence-electron chi connectivity index (χ1n) is 13.9. The average molecular weight is 604 g/mol. The first-order chi connectivity index (χ1) is 18.8. The molecule has 1 saturated heterocycles. The predicted molar refractivity (Wildman–Crippen MR) is 160 cm³/mol. The number of sulfone groups is 1. The third kappa shape index (κ3) is 6.42. The van der Waals surface area contributed by atoms with Gasteiger partial charge in [-0.25, -0.2) is 26.5 Å². The van der Waals surface area contributed by atoms with Crippen LogP contribution >= 0.6 is 11.3 Å². The van der Waals surface area contributed by atoms with E-state index in [1.54, 1.807) is 11.0 Å². The zero-order valence-corrected chi connectivity index (χ0v) is 25.7. The van der Waals surface area contributed by atoms with Gasteiger partial charge in [0, 0.05) is 29.6 Å². The summed E-state index contributed by atoms with van der Waals surface area (Å²) in [6.07, 6.45) is 6.63. The maximum absolute atomic E-state index is 13.5. The second-order valence-electron chi connectivity index (χ2n) is 12.0. The van der Waals surface area contributed by atoms with Crippen LogP contribution in [0.3, 0.4) is 0 Å². The van der Waals surface area contributed by atoms with Crippen LogP contribution in [0.15, 0.2) is 41.3 Å². The van der Waals surface area contributed by atoms with Gasteiger partial charge in [-0.2, -0.15) is 0 Å². The lowest BCUT2D eigenvalue weighted by atomic mass is 9.85. The number of benzene rings is 2. The van der Waals surface area contributed by atoms with E-state index in [1.807, 2.05) is 51.1 Å². The molecule has 1 aliphatic carbocycles. The Kier molecular flexibility index (Phi) is 8.13. The van der Waals surface area contributed by atoms with Crippen molar-refractivity contribution in [2.75, 3.05) is 24.6 Å². The SMILES string of the molecule is CC(C)(C)NS(=O)(=O)c1ccc(-c2sc(C(=O)N3CCS(=O)(=O)CC3)nc2CC2CCCCC2)c2ccccc12. The van der Waals surface area contributed by atoms with Gasteiger partial charge in [0.25, 0.3) is 5.91 Å². The summed E-state index contributed by atoms with van der Waals surface area (Å²) in [7, 11) is -6.89. The second-order valence-corrected chi connectivity index (χ2v) is 16.9. The summed E-state index contributed by atoms with van der Waals surface area (Å²) in [5.41, 5.74) is 1.08. The topological polar surface area (TPSA) is 114 Å². The van der Waals surface area contributed by atoms with Crippen LogP contribution in [-0.4, -0.2) is 62.8 Å². The maximum atomic E-state index is 13.5. The van der Waals surface area contributed by atoms with Gasteiger partial charge in [0.2, 0.25) is 10.0 Å². The highest BCUT2D eigenvalue weighted by Crippen LogP contribution is 2.40. The van der Waals surface area contributed by atoms with Crippen molar-refractivity contribution >= 4 is 47.9 Å². The van der Waals surface area contributed by atoms with Crippen LogP contribution in [0.1, 0.15) is 68.4 Å². The van der Waals surface area contributed by atoms with Crippen molar-refractivity contribution in [3.8, 4) is 10.4 Å². The van der Waals surface area contributed by atoms with Crippen LogP contribution in [0.2, 0.25) is 0 Å². The van der Waals surface area contributed by atoms with E-state index in [1.165, 1.54) is 30.6 Å². The number of amides is 1. The number of nitrogens with one attached hydrogen (secondary N) is 1. The van der Waals surface area contributed by atoms with Gasteiger partial charge in [-0.05, 0) is 44.6 Å². The number of sulfonamides is 1. The van der Waals surface area contributed by atoms with Crippen LogP contribution < -0.4 is 4.72 Å². The molecule has 1 amide bonds. The molecule has 5 rings (SSSR count). The van der Waals surface area contributed by atoms with Crippen molar-refractivity contribution in [3.05, 3.63) is 47.1 Å². The van der Waals surface area contributed by atoms with E-state index < -0.39 is 25.4 Å². The molecule has 2 heterocycles. The molecular weight excluding hydrogens is 567 g/mol. The highest BCUT2D eigenvalue weighted by molar-refractivity contribution is 7.91. The molecular formula is C29H37N3O5S3. The van der Waals surface area contributed by atoms with Crippen molar-refractivity contribution in [3.63, 3.8) is 0 Å². The van der Waals surface area contributed by atoms with Crippen molar-refractivity contribution in [2.45, 2.75) is 69.7 Å². The Morgan fingerprint density at radius 1 is 1.02 bits per heavy atom. The average Bonchev–Trinajstić information content (AvgIpc) is 3.30. The zero-order chi connectivity index (χ0) is 28.7. The Morgan fingerprint density at radius 3 is 2.33 bits per heavy atom. The summed E-state index contributed by atoms with van der Waals surface area (Å²) in [6, 6.07) is 10.9. The Hall–Kier alpha value is -2.34. The predicted octanol–water partition coefficient (Wildman–Crippen LogP) is 5.03. The fourth-order valence-electron chi connectivity index (χ4n) is 5.67. The summed E-state index contributed by atoms with van der Waals surface area (Å²) >= 11 is 1.32. The molecule has 11 heteroatoms. The highest BCUT2D eigenvalue weighted by atomic mass is 32.2. The summed E-state index contributed by atoms with van der Waals surface area (Å²) in [5.74, 6) is 0.179. The van der Waals surface area contributed by atoms with Gasteiger partial charge in [-0.15, -0.1) is 11.3 Å². The molecule has 0 atom stereocenters. The van der Waals surface area contributed by atoms with Crippen LogP contribution in [0, 0.1) is 5.92 Å². The Bertz CT molecular complexity index is 1620. The van der Waals surface area contributed by atoms with Gasteiger partial charge in [0.05, 0.1) is 27.0 Å². The van der Waals surface area contributed by atoms with Crippen LogP contribution in [0.25, 0.3) is 21.2 Å². The number of hydrogen-bond donors (Lipinski definition) is 1. The van der Waals surface area contributed by atoms with Gasteiger partial charge in [0.15, 0.2) is 14.8 Å².